The number of carboxylic acid groups (broad SMARTS) is 1. The summed E-state index contributed by atoms with van der Waals surface area (Å²) in [5, 5.41) is 11.5. The van der Waals surface area contributed by atoms with Crippen LogP contribution in [0.5, 0.6) is 0 Å². The average molecular weight is 370 g/mol. The van der Waals surface area contributed by atoms with Crippen molar-refractivity contribution in [2.24, 2.45) is 5.92 Å². The van der Waals surface area contributed by atoms with Crippen LogP contribution in [-0.4, -0.2) is 29.4 Å². The summed E-state index contributed by atoms with van der Waals surface area (Å²) in [5.41, 5.74) is 1.61. The lowest BCUT2D eigenvalue weighted by Crippen LogP contribution is -2.28. The number of aryl methyl sites for hydroxylation is 1. The number of anilines is 2. The molecular formula is C20H19FN2O4. The Hall–Kier alpha value is -3.22. The van der Waals surface area contributed by atoms with Crippen molar-refractivity contribution in [2.45, 2.75) is 19.3 Å². The Balaban J connectivity index is 1.61. The van der Waals surface area contributed by atoms with Gasteiger partial charge in [-0.2, -0.15) is 0 Å². The number of halogens is 1. The van der Waals surface area contributed by atoms with Crippen LogP contribution < -0.4 is 10.2 Å². The molecule has 1 aliphatic rings. The number of nitrogens with one attached hydrogen (secondary N) is 1. The van der Waals surface area contributed by atoms with Crippen molar-refractivity contribution in [2.75, 3.05) is 16.8 Å². The van der Waals surface area contributed by atoms with Crippen LogP contribution >= 0.6 is 0 Å². The largest absolute Gasteiger partial charge is 0.481 e. The van der Waals surface area contributed by atoms with Crippen molar-refractivity contribution in [1.82, 2.24) is 0 Å². The van der Waals surface area contributed by atoms with Gasteiger partial charge in [0.25, 0.3) is 0 Å². The third kappa shape index (κ3) is 4.49. The number of hydrogen-bond acceptors (Lipinski definition) is 3. The van der Waals surface area contributed by atoms with E-state index in [0.29, 0.717) is 12.1 Å². The van der Waals surface area contributed by atoms with Crippen molar-refractivity contribution in [1.29, 1.82) is 0 Å². The molecule has 140 valence electrons. The Labute approximate surface area is 155 Å². The third-order valence-corrected chi connectivity index (χ3v) is 4.49. The van der Waals surface area contributed by atoms with E-state index in [2.05, 4.69) is 5.32 Å². The molecule has 0 spiro atoms. The van der Waals surface area contributed by atoms with Crippen LogP contribution in [0, 0.1) is 11.7 Å². The molecule has 1 unspecified atom stereocenters. The van der Waals surface area contributed by atoms with Gasteiger partial charge in [0, 0.05) is 25.1 Å². The van der Waals surface area contributed by atoms with Crippen LogP contribution in [0.25, 0.3) is 0 Å². The van der Waals surface area contributed by atoms with Gasteiger partial charge in [-0.3, -0.25) is 14.4 Å². The fourth-order valence-corrected chi connectivity index (χ4v) is 3.04. The van der Waals surface area contributed by atoms with Crippen molar-refractivity contribution < 1.29 is 23.9 Å². The van der Waals surface area contributed by atoms with Gasteiger partial charge >= 0.3 is 5.97 Å². The van der Waals surface area contributed by atoms with E-state index in [-0.39, 0.29) is 36.9 Å². The minimum absolute atomic E-state index is 0.0247. The Bertz CT molecular complexity index is 867. The minimum Gasteiger partial charge on any atom is -0.481 e. The molecule has 0 saturated carbocycles. The fourth-order valence-electron chi connectivity index (χ4n) is 3.04. The molecule has 6 nitrogen and oxygen atoms in total. The summed E-state index contributed by atoms with van der Waals surface area (Å²) in [5.74, 6) is -2.52. The predicted molar refractivity (Wildman–Crippen MR) is 97.9 cm³/mol. The number of aliphatic carboxylic acids is 1. The highest BCUT2D eigenvalue weighted by atomic mass is 19.1. The van der Waals surface area contributed by atoms with Crippen molar-refractivity contribution >= 4 is 29.2 Å². The molecule has 2 aromatic rings. The van der Waals surface area contributed by atoms with Gasteiger partial charge in [0.1, 0.15) is 5.82 Å². The summed E-state index contributed by atoms with van der Waals surface area (Å²) >= 11 is 0. The van der Waals surface area contributed by atoms with Crippen molar-refractivity contribution in [3.05, 3.63) is 59.9 Å². The molecule has 1 saturated heterocycles. The summed E-state index contributed by atoms with van der Waals surface area (Å²) in [7, 11) is 0. The summed E-state index contributed by atoms with van der Waals surface area (Å²) in [6.07, 6.45) is 0.483. The second-order valence-corrected chi connectivity index (χ2v) is 6.44. The van der Waals surface area contributed by atoms with E-state index >= 15 is 0 Å². The summed E-state index contributed by atoms with van der Waals surface area (Å²) in [6, 6.07) is 12.9. The van der Waals surface area contributed by atoms with E-state index < -0.39 is 17.7 Å². The van der Waals surface area contributed by atoms with Crippen molar-refractivity contribution in [3.8, 4) is 0 Å². The van der Waals surface area contributed by atoms with Gasteiger partial charge in [-0.1, -0.05) is 24.3 Å². The first-order valence-corrected chi connectivity index (χ1v) is 8.60. The maximum Gasteiger partial charge on any atom is 0.303 e. The Morgan fingerprint density at radius 2 is 1.85 bits per heavy atom. The van der Waals surface area contributed by atoms with Crippen LogP contribution in [0.15, 0.2) is 48.5 Å². The Kier molecular flexibility index (Phi) is 5.49. The van der Waals surface area contributed by atoms with Crippen LogP contribution in [0.3, 0.4) is 0 Å². The number of benzene rings is 2. The van der Waals surface area contributed by atoms with Gasteiger partial charge in [-0.05, 0) is 36.2 Å². The zero-order valence-corrected chi connectivity index (χ0v) is 14.5. The SMILES string of the molecule is O=C(O)CCc1ccc(NC(=O)C2CC(=O)N(c3ccccc3F)C2)cc1. The number of carbonyl (C=O) groups excluding carboxylic acids is 2. The first-order chi connectivity index (χ1) is 12.9. The van der Waals surface area contributed by atoms with E-state index in [1.165, 1.54) is 17.0 Å². The van der Waals surface area contributed by atoms with Gasteiger partial charge in [0.05, 0.1) is 11.6 Å². The maximum absolute atomic E-state index is 13.9. The second kappa shape index (κ2) is 7.99. The zero-order chi connectivity index (χ0) is 19.4. The van der Waals surface area contributed by atoms with Gasteiger partial charge in [-0.25, -0.2) is 4.39 Å². The maximum atomic E-state index is 13.9. The van der Waals surface area contributed by atoms with Crippen LogP contribution in [0.1, 0.15) is 18.4 Å². The van der Waals surface area contributed by atoms with Crippen LogP contribution in [0.4, 0.5) is 15.8 Å². The van der Waals surface area contributed by atoms with Gasteiger partial charge in [0.2, 0.25) is 11.8 Å². The molecule has 2 N–H and O–H groups in total. The number of carboxylic acids is 1. The van der Waals surface area contributed by atoms with Gasteiger partial charge in [-0.15, -0.1) is 0 Å². The Morgan fingerprint density at radius 1 is 1.15 bits per heavy atom. The molecule has 2 aromatic carbocycles. The highest BCUT2D eigenvalue weighted by Gasteiger charge is 2.36. The van der Waals surface area contributed by atoms with Gasteiger partial charge in [0.15, 0.2) is 0 Å². The Morgan fingerprint density at radius 3 is 2.52 bits per heavy atom. The van der Waals surface area contributed by atoms with E-state index in [1.807, 2.05) is 0 Å². The number of nitrogens with zero attached hydrogens (tertiary/aromatic N) is 1. The summed E-state index contributed by atoms with van der Waals surface area (Å²) in [6.45, 7) is 0.127. The molecule has 2 amide bonds. The molecule has 1 aliphatic heterocycles. The standard InChI is InChI=1S/C20H19FN2O4/c21-16-3-1-2-4-17(16)23-12-14(11-18(23)24)20(27)22-15-8-5-13(6-9-15)7-10-19(25)26/h1-6,8-9,14H,7,10-12H2,(H,22,27)(H,25,26). The first-order valence-electron chi connectivity index (χ1n) is 8.60. The first kappa shape index (κ1) is 18.6. The predicted octanol–water partition coefficient (Wildman–Crippen LogP) is 2.83. The number of para-hydroxylation sites is 1. The minimum atomic E-state index is -0.863. The highest BCUT2D eigenvalue weighted by molar-refractivity contribution is 6.03. The molecule has 0 radical (unpaired) electrons. The lowest BCUT2D eigenvalue weighted by atomic mass is 10.1. The number of carbonyl (C=O) groups is 3. The number of rotatable bonds is 6. The highest BCUT2D eigenvalue weighted by Crippen LogP contribution is 2.28. The smallest absolute Gasteiger partial charge is 0.303 e. The summed E-state index contributed by atoms with van der Waals surface area (Å²) < 4.78 is 13.9. The average Bonchev–Trinajstić information content (AvgIpc) is 3.03. The van der Waals surface area contributed by atoms with Crippen LogP contribution in [0.2, 0.25) is 0 Å². The lowest BCUT2D eigenvalue weighted by Gasteiger charge is -2.17. The monoisotopic (exact) mass is 370 g/mol. The zero-order valence-electron chi connectivity index (χ0n) is 14.5. The van der Waals surface area contributed by atoms with E-state index in [9.17, 15) is 18.8 Å². The number of amides is 2. The fraction of sp³-hybridized carbons (Fsp3) is 0.250. The molecule has 0 bridgehead atoms. The molecule has 27 heavy (non-hydrogen) atoms. The molecule has 1 fully saturated rings. The van der Waals surface area contributed by atoms with Crippen molar-refractivity contribution in [3.63, 3.8) is 0 Å². The molecule has 7 heteroatoms. The molecule has 0 aliphatic carbocycles. The third-order valence-electron chi connectivity index (χ3n) is 4.49. The van der Waals surface area contributed by atoms with E-state index in [4.69, 9.17) is 5.11 Å². The second-order valence-electron chi connectivity index (χ2n) is 6.44. The van der Waals surface area contributed by atoms with Crippen LogP contribution in [-0.2, 0) is 20.8 Å². The van der Waals surface area contributed by atoms with E-state index in [1.54, 1.807) is 36.4 Å². The molecule has 1 atom stereocenters. The molecule has 0 aromatic heterocycles. The lowest BCUT2D eigenvalue weighted by molar-refractivity contribution is -0.137. The molecular weight excluding hydrogens is 351 g/mol. The molecule has 1 heterocycles. The van der Waals surface area contributed by atoms with E-state index in [0.717, 1.165) is 5.56 Å². The van der Waals surface area contributed by atoms with Gasteiger partial charge < -0.3 is 15.3 Å². The number of hydrogen-bond donors (Lipinski definition) is 2. The molecule has 3 rings (SSSR count). The summed E-state index contributed by atoms with van der Waals surface area (Å²) in [4.78, 5) is 36.6. The topological polar surface area (TPSA) is 86.7 Å². The quantitative estimate of drug-likeness (QED) is 0.819. The normalized spacial score (nSPS) is 16.4.